The van der Waals surface area contributed by atoms with Crippen LogP contribution in [0, 0.1) is 5.92 Å². The molecule has 0 spiro atoms. The molecule has 1 unspecified atom stereocenters. The predicted molar refractivity (Wildman–Crippen MR) is 91.1 cm³/mol. The molecule has 1 atom stereocenters. The maximum absolute atomic E-state index is 12.3. The van der Waals surface area contributed by atoms with Crippen LogP contribution in [-0.2, 0) is 4.79 Å². The summed E-state index contributed by atoms with van der Waals surface area (Å²) in [5.74, 6) is 2.51. The highest BCUT2D eigenvalue weighted by Crippen LogP contribution is 2.18. The summed E-state index contributed by atoms with van der Waals surface area (Å²) in [5, 5.41) is 0. The van der Waals surface area contributed by atoms with E-state index in [0.717, 1.165) is 29.9 Å². The number of hydrogen-bond acceptors (Lipinski definition) is 2. The van der Waals surface area contributed by atoms with Crippen LogP contribution < -0.4 is 0 Å². The van der Waals surface area contributed by atoms with Crippen molar-refractivity contribution in [3.8, 4) is 0 Å². The fourth-order valence-corrected chi connectivity index (χ4v) is 2.94. The molecular weight excluding hydrogens is 264 g/mol. The van der Waals surface area contributed by atoms with Crippen molar-refractivity contribution in [2.24, 2.45) is 5.92 Å². The van der Waals surface area contributed by atoms with Gasteiger partial charge in [-0.1, -0.05) is 69.5 Å². The van der Waals surface area contributed by atoms with E-state index in [1.54, 1.807) is 6.08 Å². The van der Waals surface area contributed by atoms with Gasteiger partial charge in [-0.2, -0.15) is 11.8 Å². The number of thioether (sulfide) groups is 1. The maximum Gasteiger partial charge on any atom is 0.159 e. The molecule has 0 aliphatic rings. The molecule has 0 aliphatic carbocycles. The van der Waals surface area contributed by atoms with Gasteiger partial charge in [-0.15, -0.1) is 0 Å². The SMILES string of the molecule is CCCCCC(CSCC)C(=O)/C=C/c1ccccc1. The van der Waals surface area contributed by atoms with Gasteiger partial charge in [-0.05, 0) is 23.8 Å². The number of carbonyl (C=O) groups excluding carboxylic acids is 1. The smallest absolute Gasteiger partial charge is 0.159 e. The molecule has 1 aromatic carbocycles. The van der Waals surface area contributed by atoms with Gasteiger partial charge in [-0.3, -0.25) is 4.79 Å². The Morgan fingerprint density at radius 1 is 1.20 bits per heavy atom. The first-order valence-corrected chi connectivity index (χ1v) is 8.78. The van der Waals surface area contributed by atoms with Gasteiger partial charge >= 0.3 is 0 Å². The quantitative estimate of drug-likeness (QED) is 0.434. The highest BCUT2D eigenvalue weighted by Gasteiger charge is 2.15. The zero-order valence-electron chi connectivity index (χ0n) is 12.7. The minimum Gasteiger partial charge on any atom is -0.295 e. The molecule has 0 radical (unpaired) electrons. The average molecular weight is 290 g/mol. The van der Waals surface area contributed by atoms with E-state index in [2.05, 4.69) is 13.8 Å². The van der Waals surface area contributed by atoms with Gasteiger partial charge < -0.3 is 0 Å². The molecule has 0 saturated heterocycles. The predicted octanol–water partition coefficient (Wildman–Crippen LogP) is 5.22. The van der Waals surface area contributed by atoms with Gasteiger partial charge in [-0.25, -0.2) is 0 Å². The van der Waals surface area contributed by atoms with Crippen LogP contribution in [0.15, 0.2) is 36.4 Å². The molecule has 1 rings (SSSR count). The molecule has 1 aromatic rings. The van der Waals surface area contributed by atoms with Gasteiger partial charge in [0, 0.05) is 11.7 Å². The highest BCUT2D eigenvalue weighted by atomic mass is 32.2. The molecule has 0 aliphatic heterocycles. The number of hydrogen-bond donors (Lipinski definition) is 0. The summed E-state index contributed by atoms with van der Waals surface area (Å²) >= 11 is 1.87. The third-order valence-electron chi connectivity index (χ3n) is 3.32. The zero-order valence-corrected chi connectivity index (χ0v) is 13.5. The Balaban J connectivity index is 2.55. The molecule has 0 amide bonds. The zero-order chi connectivity index (χ0) is 14.6. The van der Waals surface area contributed by atoms with Crippen molar-refractivity contribution in [1.29, 1.82) is 0 Å². The first-order chi connectivity index (χ1) is 9.77. The number of allylic oxidation sites excluding steroid dienone is 1. The molecule has 0 bridgehead atoms. The van der Waals surface area contributed by atoms with Crippen LogP contribution in [0.3, 0.4) is 0 Å². The Labute approximate surface area is 127 Å². The Morgan fingerprint density at radius 3 is 2.60 bits per heavy atom. The van der Waals surface area contributed by atoms with Crippen LogP contribution in [0.1, 0.15) is 45.1 Å². The number of unbranched alkanes of at least 4 members (excludes halogenated alkanes) is 2. The first kappa shape index (κ1) is 17.0. The fraction of sp³-hybridized carbons (Fsp3) is 0.500. The Bertz CT molecular complexity index is 397. The van der Waals surface area contributed by atoms with Crippen LogP contribution in [0.4, 0.5) is 0 Å². The first-order valence-electron chi connectivity index (χ1n) is 7.62. The normalized spacial score (nSPS) is 12.7. The lowest BCUT2D eigenvalue weighted by Gasteiger charge is -2.12. The van der Waals surface area contributed by atoms with Crippen molar-refractivity contribution < 1.29 is 4.79 Å². The third kappa shape index (κ3) is 6.95. The van der Waals surface area contributed by atoms with Crippen LogP contribution in [-0.4, -0.2) is 17.3 Å². The third-order valence-corrected chi connectivity index (χ3v) is 4.37. The van der Waals surface area contributed by atoms with E-state index >= 15 is 0 Å². The van der Waals surface area contributed by atoms with E-state index in [4.69, 9.17) is 0 Å². The molecule has 1 nitrogen and oxygen atoms in total. The standard InChI is InChI=1S/C18H26OS/c1-3-5-7-12-17(15-20-4-2)18(19)14-13-16-10-8-6-9-11-16/h6,8-11,13-14,17H,3-5,7,12,15H2,1-2H3/b14-13+. The number of ketones is 1. The Morgan fingerprint density at radius 2 is 1.95 bits per heavy atom. The van der Waals surface area contributed by atoms with E-state index in [9.17, 15) is 4.79 Å². The molecule has 0 N–H and O–H groups in total. The summed E-state index contributed by atoms with van der Waals surface area (Å²) in [6.45, 7) is 4.35. The molecule has 0 heterocycles. The van der Waals surface area contributed by atoms with Gasteiger partial charge in [0.15, 0.2) is 5.78 Å². The van der Waals surface area contributed by atoms with Crippen molar-refractivity contribution in [2.75, 3.05) is 11.5 Å². The van der Waals surface area contributed by atoms with Gasteiger partial charge in [0.25, 0.3) is 0 Å². The second-order valence-corrected chi connectivity index (χ2v) is 6.32. The largest absolute Gasteiger partial charge is 0.295 e. The maximum atomic E-state index is 12.3. The van der Waals surface area contributed by atoms with E-state index in [1.165, 1.54) is 12.8 Å². The van der Waals surface area contributed by atoms with Gasteiger partial charge in [0.1, 0.15) is 0 Å². The summed E-state index contributed by atoms with van der Waals surface area (Å²) in [6, 6.07) is 10.0. The lowest BCUT2D eigenvalue weighted by atomic mass is 9.98. The van der Waals surface area contributed by atoms with E-state index in [0.29, 0.717) is 0 Å². The Hall–Kier alpha value is -1.02. The van der Waals surface area contributed by atoms with Crippen molar-refractivity contribution in [1.82, 2.24) is 0 Å². The van der Waals surface area contributed by atoms with Crippen molar-refractivity contribution in [2.45, 2.75) is 39.5 Å². The highest BCUT2D eigenvalue weighted by molar-refractivity contribution is 7.99. The summed E-state index contributed by atoms with van der Waals surface area (Å²) in [7, 11) is 0. The van der Waals surface area contributed by atoms with Crippen LogP contribution in [0.2, 0.25) is 0 Å². The van der Waals surface area contributed by atoms with Crippen molar-refractivity contribution >= 4 is 23.6 Å². The lowest BCUT2D eigenvalue weighted by molar-refractivity contribution is -0.117. The molecule has 110 valence electrons. The summed E-state index contributed by atoms with van der Waals surface area (Å²) < 4.78 is 0. The second-order valence-electron chi connectivity index (χ2n) is 5.00. The minimum atomic E-state index is 0.187. The molecule has 0 fully saturated rings. The monoisotopic (exact) mass is 290 g/mol. The van der Waals surface area contributed by atoms with Crippen molar-refractivity contribution in [3.05, 3.63) is 42.0 Å². The summed E-state index contributed by atoms with van der Waals surface area (Å²) in [6.07, 6.45) is 8.33. The molecule has 0 aromatic heterocycles. The topological polar surface area (TPSA) is 17.1 Å². The van der Waals surface area contributed by atoms with E-state index in [-0.39, 0.29) is 11.7 Å². The molecule has 20 heavy (non-hydrogen) atoms. The summed E-state index contributed by atoms with van der Waals surface area (Å²) in [4.78, 5) is 12.3. The van der Waals surface area contributed by atoms with E-state index in [1.807, 2.05) is 48.2 Å². The van der Waals surface area contributed by atoms with Crippen molar-refractivity contribution in [3.63, 3.8) is 0 Å². The number of benzene rings is 1. The van der Waals surface area contributed by atoms with Gasteiger partial charge in [0.05, 0.1) is 0 Å². The Kier molecular flexibility index (Phi) is 9.14. The van der Waals surface area contributed by atoms with Gasteiger partial charge in [0.2, 0.25) is 0 Å². The molecular formula is C18H26OS. The fourth-order valence-electron chi connectivity index (χ4n) is 2.09. The van der Waals surface area contributed by atoms with Crippen LogP contribution in [0.25, 0.3) is 6.08 Å². The summed E-state index contributed by atoms with van der Waals surface area (Å²) in [5.41, 5.74) is 1.09. The number of rotatable bonds is 10. The minimum absolute atomic E-state index is 0.187. The average Bonchev–Trinajstić information content (AvgIpc) is 2.49. The number of carbonyl (C=O) groups is 1. The van der Waals surface area contributed by atoms with Crippen LogP contribution >= 0.6 is 11.8 Å². The molecule has 0 saturated carbocycles. The second kappa shape index (κ2) is 10.7. The lowest BCUT2D eigenvalue weighted by Crippen LogP contribution is -2.15. The molecule has 2 heteroatoms. The van der Waals surface area contributed by atoms with E-state index < -0.39 is 0 Å². The van der Waals surface area contributed by atoms with Crippen LogP contribution in [0.5, 0.6) is 0 Å².